The average molecular weight is 226 g/mol. The Morgan fingerprint density at radius 2 is 2.27 bits per heavy atom. The van der Waals surface area contributed by atoms with Gasteiger partial charge < -0.3 is 9.84 Å². The maximum absolute atomic E-state index is 11.1. The molecule has 4 heteroatoms. The zero-order valence-electron chi connectivity index (χ0n) is 8.82. The minimum Gasteiger partial charge on any atom is -0.493 e. The van der Waals surface area contributed by atoms with Gasteiger partial charge >= 0.3 is 5.97 Å². The van der Waals surface area contributed by atoms with E-state index in [1.807, 2.05) is 19.2 Å². The van der Waals surface area contributed by atoms with E-state index >= 15 is 0 Å². The summed E-state index contributed by atoms with van der Waals surface area (Å²) in [6, 6.07) is 5.29. The van der Waals surface area contributed by atoms with E-state index < -0.39 is 5.97 Å². The summed E-state index contributed by atoms with van der Waals surface area (Å²) in [5.41, 5.74) is 0.262. The molecule has 0 aliphatic rings. The maximum Gasteiger partial charge on any atom is 0.340 e. The highest BCUT2D eigenvalue weighted by Crippen LogP contribution is 2.28. The van der Waals surface area contributed by atoms with Gasteiger partial charge in [-0.25, -0.2) is 4.79 Å². The summed E-state index contributed by atoms with van der Waals surface area (Å²) >= 11 is 1.41. The second-order valence-electron chi connectivity index (χ2n) is 2.99. The largest absolute Gasteiger partial charge is 0.493 e. The minimum absolute atomic E-state index is 0.262. The molecule has 1 aromatic rings. The molecule has 0 heterocycles. The number of aromatic carboxylic acids is 1. The van der Waals surface area contributed by atoms with Crippen LogP contribution in [-0.2, 0) is 0 Å². The number of rotatable bonds is 5. The zero-order valence-corrected chi connectivity index (χ0v) is 9.63. The molecule has 0 aliphatic heterocycles. The molecule has 0 aromatic heterocycles. The summed E-state index contributed by atoms with van der Waals surface area (Å²) in [5, 5.41) is 9.08. The fraction of sp³-hybridized carbons (Fsp3) is 0.364. The van der Waals surface area contributed by atoms with Gasteiger partial charge in [0.1, 0.15) is 11.3 Å². The van der Waals surface area contributed by atoms with Crippen LogP contribution in [-0.4, -0.2) is 23.9 Å². The van der Waals surface area contributed by atoms with Crippen molar-refractivity contribution in [1.29, 1.82) is 0 Å². The van der Waals surface area contributed by atoms with E-state index in [2.05, 4.69) is 0 Å². The van der Waals surface area contributed by atoms with Crippen molar-refractivity contribution in [3.8, 4) is 5.75 Å². The predicted molar refractivity (Wildman–Crippen MR) is 61.0 cm³/mol. The molecule has 82 valence electrons. The molecular weight excluding hydrogens is 212 g/mol. The Morgan fingerprint density at radius 1 is 1.53 bits per heavy atom. The molecule has 0 spiro atoms. The first-order chi connectivity index (χ1) is 7.20. The Morgan fingerprint density at radius 3 is 2.80 bits per heavy atom. The molecule has 0 radical (unpaired) electrons. The van der Waals surface area contributed by atoms with Crippen molar-refractivity contribution < 1.29 is 14.6 Å². The summed E-state index contributed by atoms with van der Waals surface area (Å²) in [4.78, 5) is 11.8. The van der Waals surface area contributed by atoms with Gasteiger partial charge in [-0.15, -0.1) is 11.8 Å². The van der Waals surface area contributed by atoms with Crippen LogP contribution in [0.2, 0.25) is 0 Å². The van der Waals surface area contributed by atoms with Gasteiger partial charge in [0, 0.05) is 4.90 Å². The van der Waals surface area contributed by atoms with Crippen LogP contribution < -0.4 is 4.74 Å². The van der Waals surface area contributed by atoms with Crippen LogP contribution in [0.15, 0.2) is 23.1 Å². The molecule has 3 nitrogen and oxygen atoms in total. The Labute approximate surface area is 93.4 Å². The van der Waals surface area contributed by atoms with E-state index in [1.54, 1.807) is 12.1 Å². The van der Waals surface area contributed by atoms with Crippen molar-refractivity contribution in [1.82, 2.24) is 0 Å². The van der Waals surface area contributed by atoms with Crippen LogP contribution in [0.5, 0.6) is 5.75 Å². The first-order valence-electron chi connectivity index (χ1n) is 4.73. The monoisotopic (exact) mass is 226 g/mol. The van der Waals surface area contributed by atoms with Gasteiger partial charge in [0.2, 0.25) is 0 Å². The molecule has 1 N–H and O–H groups in total. The molecule has 15 heavy (non-hydrogen) atoms. The highest BCUT2D eigenvalue weighted by molar-refractivity contribution is 7.98. The van der Waals surface area contributed by atoms with E-state index in [-0.39, 0.29) is 5.56 Å². The third-order valence-corrected chi connectivity index (χ3v) is 2.66. The van der Waals surface area contributed by atoms with Crippen molar-refractivity contribution >= 4 is 17.7 Å². The summed E-state index contributed by atoms with van der Waals surface area (Å²) in [7, 11) is 0. The van der Waals surface area contributed by atoms with Gasteiger partial charge in [-0.1, -0.05) is 13.0 Å². The van der Waals surface area contributed by atoms with Gasteiger partial charge in [-0.3, -0.25) is 0 Å². The topological polar surface area (TPSA) is 46.5 Å². The molecule has 0 saturated carbocycles. The lowest BCUT2D eigenvalue weighted by Gasteiger charge is -2.10. The predicted octanol–water partition coefficient (Wildman–Crippen LogP) is 2.90. The van der Waals surface area contributed by atoms with E-state index in [1.165, 1.54) is 11.8 Å². The van der Waals surface area contributed by atoms with Gasteiger partial charge in [0.05, 0.1) is 6.61 Å². The fourth-order valence-corrected chi connectivity index (χ4v) is 1.83. The molecule has 0 amide bonds. The zero-order chi connectivity index (χ0) is 11.3. The average Bonchev–Trinajstić information content (AvgIpc) is 2.25. The number of benzene rings is 1. The molecule has 0 unspecified atom stereocenters. The second kappa shape index (κ2) is 5.66. The Balaban J connectivity index is 3.07. The van der Waals surface area contributed by atoms with E-state index in [9.17, 15) is 4.79 Å². The lowest BCUT2D eigenvalue weighted by molar-refractivity contribution is 0.0688. The third kappa shape index (κ3) is 2.89. The molecule has 1 rings (SSSR count). The maximum atomic E-state index is 11.1. The molecular formula is C11H14O3S. The van der Waals surface area contributed by atoms with Crippen LogP contribution in [0.1, 0.15) is 23.7 Å². The fourth-order valence-electron chi connectivity index (χ4n) is 1.22. The number of hydrogen-bond donors (Lipinski definition) is 1. The number of ether oxygens (including phenoxy) is 1. The van der Waals surface area contributed by atoms with Crippen LogP contribution in [0.25, 0.3) is 0 Å². The number of thioether (sulfide) groups is 1. The standard InChI is InChI=1S/C11H14O3S/c1-3-7-14-8-5-4-6-9(15-2)10(8)11(12)13/h4-6H,3,7H2,1-2H3,(H,12,13). The lowest BCUT2D eigenvalue weighted by atomic mass is 10.2. The highest BCUT2D eigenvalue weighted by atomic mass is 32.2. The summed E-state index contributed by atoms with van der Waals surface area (Å²) < 4.78 is 5.40. The summed E-state index contributed by atoms with van der Waals surface area (Å²) in [5.74, 6) is -0.484. The smallest absolute Gasteiger partial charge is 0.340 e. The number of carboxylic acids is 1. The first-order valence-corrected chi connectivity index (χ1v) is 5.96. The number of carbonyl (C=O) groups is 1. The van der Waals surface area contributed by atoms with Crippen molar-refractivity contribution in [2.45, 2.75) is 18.2 Å². The first kappa shape index (κ1) is 11.9. The van der Waals surface area contributed by atoms with Gasteiger partial charge in [0.25, 0.3) is 0 Å². The quantitative estimate of drug-likeness (QED) is 0.784. The van der Waals surface area contributed by atoms with Crippen LogP contribution in [0.4, 0.5) is 0 Å². The Hall–Kier alpha value is -1.16. The van der Waals surface area contributed by atoms with Crippen LogP contribution in [0.3, 0.4) is 0 Å². The minimum atomic E-state index is -0.939. The second-order valence-corrected chi connectivity index (χ2v) is 3.84. The normalized spacial score (nSPS) is 10.0. The highest BCUT2D eigenvalue weighted by Gasteiger charge is 2.15. The Kier molecular flexibility index (Phi) is 4.49. The molecule has 0 fully saturated rings. The van der Waals surface area contributed by atoms with Crippen molar-refractivity contribution in [3.05, 3.63) is 23.8 Å². The molecule has 1 aromatic carbocycles. The molecule has 0 saturated heterocycles. The Bertz CT molecular complexity index is 350. The van der Waals surface area contributed by atoms with Crippen molar-refractivity contribution in [2.24, 2.45) is 0 Å². The van der Waals surface area contributed by atoms with Gasteiger partial charge in [-0.2, -0.15) is 0 Å². The SMILES string of the molecule is CCCOc1cccc(SC)c1C(=O)O. The van der Waals surface area contributed by atoms with Crippen LogP contribution >= 0.6 is 11.8 Å². The number of carboxylic acid groups (broad SMARTS) is 1. The lowest BCUT2D eigenvalue weighted by Crippen LogP contribution is -2.05. The number of hydrogen-bond acceptors (Lipinski definition) is 3. The van der Waals surface area contributed by atoms with Gasteiger partial charge in [0.15, 0.2) is 0 Å². The summed E-state index contributed by atoms with van der Waals surface area (Å²) in [6.45, 7) is 2.52. The third-order valence-electron chi connectivity index (χ3n) is 1.88. The van der Waals surface area contributed by atoms with E-state index in [4.69, 9.17) is 9.84 Å². The van der Waals surface area contributed by atoms with E-state index in [0.717, 1.165) is 11.3 Å². The summed E-state index contributed by atoms with van der Waals surface area (Å²) in [6.07, 6.45) is 2.72. The van der Waals surface area contributed by atoms with E-state index in [0.29, 0.717) is 12.4 Å². The molecule has 0 aliphatic carbocycles. The molecule has 0 atom stereocenters. The van der Waals surface area contributed by atoms with Crippen LogP contribution in [0, 0.1) is 0 Å². The van der Waals surface area contributed by atoms with Gasteiger partial charge in [-0.05, 0) is 24.8 Å². The van der Waals surface area contributed by atoms with Crippen molar-refractivity contribution in [3.63, 3.8) is 0 Å². The molecule has 0 bridgehead atoms. The van der Waals surface area contributed by atoms with Crippen molar-refractivity contribution in [2.75, 3.05) is 12.9 Å².